The Morgan fingerprint density at radius 1 is 1.24 bits per heavy atom. The molecule has 0 fully saturated rings. The van der Waals surface area contributed by atoms with Crippen LogP contribution in [0.2, 0.25) is 0 Å². The largest absolute Gasteiger partial charge is 0.494 e. The normalized spacial score (nSPS) is 21.6. The molecule has 116 valence electrons. The molecule has 0 spiro atoms. The lowest BCUT2D eigenvalue weighted by Crippen LogP contribution is -2.25. The maximum Gasteiger partial charge on any atom is 0.161 e. The lowest BCUT2D eigenvalue weighted by molar-refractivity contribution is 0.332. The van der Waals surface area contributed by atoms with Crippen LogP contribution >= 0.6 is 11.8 Å². The number of aliphatic imine (C=N–C) groups is 1. The lowest BCUT2D eigenvalue weighted by atomic mass is 10.1. The molecule has 1 aromatic rings. The van der Waals surface area contributed by atoms with Gasteiger partial charge in [0.05, 0.1) is 24.9 Å². The van der Waals surface area contributed by atoms with Crippen molar-refractivity contribution in [1.29, 1.82) is 0 Å². The van der Waals surface area contributed by atoms with Crippen LogP contribution in [0.4, 0.5) is 5.69 Å². The maximum atomic E-state index is 5.68. The first-order valence-electron chi connectivity index (χ1n) is 7.51. The fourth-order valence-electron chi connectivity index (χ4n) is 2.03. The first-order chi connectivity index (χ1) is 10.1. The number of anilines is 1. The summed E-state index contributed by atoms with van der Waals surface area (Å²) in [5.41, 5.74) is 0.913. The van der Waals surface area contributed by atoms with E-state index in [4.69, 9.17) is 14.5 Å². The minimum atomic E-state index is 0.347. The summed E-state index contributed by atoms with van der Waals surface area (Å²) in [6, 6.07) is 6.19. The molecular formula is C16H24N2O2S. The van der Waals surface area contributed by atoms with Crippen molar-refractivity contribution < 1.29 is 9.47 Å². The molecular weight excluding hydrogens is 284 g/mol. The minimum Gasteiger partial charge on any atom is -0.494 e. The van der Waals surface area contributed by atoms with Gasteiger partial charge in [0.25, 0.3) is 0 Å². The Kier molecular flexibility index (Phi) is 5.79. The minimum absolute atomic E-state index is 0.347. The van der Waals surface area contributed by atoms with Crippen LogP contribution in [-0.2, 0) is 0 Å². The Bertz CT molecular complexity index is 505. The Hall–Kier alpha value is -1.36. The zero-order valence-corrected chi connectivity index (χ0v) is 14.0. The van der Waals surface area contributed by atoms with E-state index >= 15 is 0 Å². The Balaban J connectivity index is 2.20. The van der Waals surface area contributed by atoms with Crippen LogP contribution in [0.3, 0.4) is 0 Å². The van der Waals surface area contributed by atoms with Crippen molar-refractivity contribution in [1.82, 2.24) is 0 Å². The van der Waals surface area contributed by atoms with E-state index in [1.165, 1.54) is 0 Å². The van der Waals surface area contributed by atoms with Gasteiger partial charge in [0.2, 0.25) is 0 Å². The van der Waals surface area contributed by atoms with E-state index in [-0.39, 0.29) is 0 Å². The predicted molar refractivity (Wildman–Crippen MR) is 90.9 cm³/mol. The monoisotopic (exact) mass is 308 g/mol. The standard InChI is InChI=1S/C16H24N2O2S/c1-5-19-13-7-8-15(20-6-2)14(9-13)18-16-17-12(4)11(3)10-21-16/h7-9,11-12H,5-6,10H2,1-4H3,(H,17,18). The smallest absolute Gasteiger partial charge is 0.161 e. The van der Waals surface area contributed by atoms with Gasteiger partial charge in [-0.3, -0.25) is 4.99 Å². The van der Waals surface area contributed by atoms with E-state index in [1.807, 2.05) is 32.0 Å². The highest BCUT2D eigenvalue weighted by atomic mass is 32.2. The average Bonchev–Trinajstić information content (AvgIpc) is 2.46. The molecule has 2 rings (SSSR count). The second-order valence-electron chi connectivity index (χ2n) is 5.11. The van der Waals surface area contributed by atoms with Crippen LogP contribution in [0.5, 0.6) is 11.5 Å². The van der Waals surface area contributed by atoms with Gasteiger partial charge in [0.1, 0.15) is 11.5 Å². The summed E-state index contributed by atoms with van der Waals surface area (Å²) in [5.74, 6) is 3.37. The summed E-state index contributed by atoms with van der Waals surface area (Å²) in [4.78, 5) is 4.71. The van der Waals surface area contributed by atoms with Gasteiger partial charge in [-0.25, -0.2) is 0 Å². The third kappa shape index (κ3) is 4.30. The fourth-order valence-corrected chi connectivity index (χ4v) is 3.15. The Morgan fingerprint density at radius 3 is 2.67 bits per heavy atom. The van der Waals surface area contributed by atoms with Crippen molar-refractivity contribution in [2.45, 2.75) is 33.7 Å². The topological polar surface area (TPSA) is 42.9 Å². The number of nitrogens with one attached hydrogen (secondary N) is 1. The third-order valence-corrected chi connectivity index (χ3v) is 4.60. The molecule has 21 heavy (non-hydrogen) atoms. The second-order valence-corrected chi connectivity index (χ2v) is 6.12. The maximum absolute atomic E-state index is 5.68. The Labute approximate surface area is 131 Å². The van der Waals surface area contributed by atoms with Crippen molar-refractivity contribution in [3.8, 4) is 11.5 Å². The van der Waals surface area contributed by atoms with Gasteiger partial charge in [-0.1, -0.05) is 18.7 Å². The zero-order chi connectivity index (χ0) is 15.2. The van der Waals surface area contributed by atoms with E-state index in [1.54, 1.807) is 11.8 Å². The number of hydrogen-bond donors (Lipinski definition) is 1. The highest BCUT2D eigenvalue weighted by molar-refractivity contribution is 8.14. The molecule has 1 heterocycles. The summed E-state index contributed by atoms with van der Waals surface area (Å²) >= 11 is 1.76. The first kappa shape index (κ1) is 16.0. The molecule has 0 saturated carbocycles. The number of nitrogens with zero attached hydrogens (tertiary/aromatic N) is 1. The molecule has 4 nitrogen and oxygen atoms in total. The molecule has 2 unspecified atom stereocenters. The van der Waals surface area contributed by atoms with Gasteiger partial charge < -0.3 is 14.8 Å². The number of rotatable bonds is 5. The molecule has 1 aliphatic heterocycles. The summed E-state index contributed by atoms with van der Waals surface area (Å²) in [6.45, 7) is 9.64. The predicted octanol–water partition coefficient (Wildman–Crippen LogP) is 4.02. The van der Waals surface area contributed by atoms with Gasteiger partial charge in [-0.2, -0.15) is 0 Å². The molecule has 1 N–H and O–H groups in total. The van der Waals surface area contributed by atoms with Crippen molar-refractivity contribution in [2.24, 2.45) is 10.9 Å². The molecule has 0 aromatic heterocycles. The summed E-state index contributed by atoms with van der Waals surface area (Å²) in [6.07, 6.45) is 0. The van der Waals surface area contributed by atoms with Crippen LogP contribution in [0.15, 0.2) is 23.2 Å². The van der Waals surface area contributed by atoms with Crippen LogP contribution in [-0.4, -0.2) is 30.2 Å². The number of thioether (sulfide) groups is 1. The van der Waals surface area contributed by atoms with E-state index in [0.29, 0.717) is 25.2 Å². The van der Waals surface area contributed by atoms with Crippen LogP contribution in [0.25, 0.3) is 0 Å². The number of benzene rings is 1. The molecule has 0 radical (unpaired) electrons. The average molecular weight is 308 g/mol. The van der Waals surface area contributed by atoms with Crippen molar-refractivity contribution in [3.63, 3.8) is 0 Å². The van der Waals surface area contributed by atoms with Crippen LogP contribution < -0.4 is 14.8 Å². The highest BCUT2D eigenvalue weighted by Gasteiger charge is 2.20. The SMILES string of the molecule is CCOc1ccc(OCC)c(NC2=NC(C)C(C)CS2)c1. The van der Waals surface area contributed by atoms with Crippen LogP contribution in [0, 0.1) is 5.92 Å². The molecule has 1 aromatic carbocycles. The van der Waals surface area contributed by atoms with Gasteiger partial charge in [0.15, 0.2) is 5.17 Å². The van der Waals surface area contributed by atoms with E-state index < -0.39 is 0 Å². The van der Waals surface area contributed by atoms with Gasteiger partial charge >= 0.3 is 0 Å². The van der Waals surface area contributed by atoms with Gasteiger partial charge in [0, 0.05) is 11.8 Å². The third-order valence-electron chi connectivity index (χ3n) is 3.43. The van der Waals surface area contributed by atoms with Gasteiger partial charge in [-0.15, -0.1) is 0 Å². The first-order valence-corrected chi connectivity index (χ1v) is 8.49. The summed E-state index contributed by atoms with van der Waals surface area (Å²) in [7, 11) is 0. The zero-order valence-electron chi connectivity index (χ0n) is 13.2. The molecule has 2 atom stereocenters. The van der Waals surface area contributed by atoms with E-state index in [2.05, 4.69) is 19.2 Å². The number of hydrogen-bond acceptors (Lipinski definition) is 5. The Morgan fingerprint density at radius 2 is 2.00 bits per heavy atom. The molecule has 0 bridgehead atoms. The second kappa shape index (κ2) is 7.59. The molecule has 0 amide bonds. The number of ether oxygens (including phenoxy) is 2. The number of amidine groups is 1. The quantitative estimate of drug-likeness (QED) is 0.892. The van der Waals surface area contributed by atoms with Crippen molar-refractivity contribution >= 4 is 22.6 Å². The van der Waals surface area contributed by atoms with E-state index in [0.717, 1.165) is 28.1 Å². The van der Waals surface area contributed by atoms with Gasteiger partial charge in [-0.05, 0) is 38.8 Å². The summed E-state index contributed by atoms with van der Waals surface area (Å²) in [5, 5.41) is 4.35. The highest BCUT2D eigenvalue weighted by Crippen LogP contribution is 2.32. The van der Waals surface area contributed by atoms with E-state index in [9.17, 15) is 0 Å². The molecule has 5 heteroatoms. The molecule has 1 aliphatic rings. The van der Waals surface area contributed by atoms with Crippen molar-refractivity contribution in [3.05, 3.63) is 18.2 Å². The molecule has 0 aliphatic carbocycles. The molecule has 0 saturated heterocycles. The van der Waals surface area contributed by atoms with Crippen molar-refractivity contribution in [2.75, 3.05) is 24.3 Å². The lowest BCUT2D eigenvalue weighted by Gasteiger charge is -2.24. The fraction of sp³-hybridized carbons (Fsp3) is 0.562. The summed E-state index contributed by atoms with van der Waals surface area (Å²) < 4.78 is 11.2. The van der Waals surface area contributed by atoms with Crippen LogP contribution in [0.1, 0.15) is 27.7 Å².